The fraction of sp³-hybridized carbons (Fsp3) is 0.333. The Kier molecular flexibility index (Phi) is 4.21. The van der Waals surface area contributed by atoms with E-state index in [0.717, 1.165) is 6.92 Å². The lowest BCUT2D eigenvalue weighted by Gasteiger charge is -2.11. The number of nitro benzene ring substituents is 1. The number of carbonyl (C=O) groups is 2. The summed E-state index contributed by atoms with van der Waals surface area (Å²) >= 11 is 0. The van der Waals surface area contributed by atoms with Crippen molar-refractivity contribution in [3.63, 3.8) is 0 Å². The molecule has 0 spiro atoms. The van der Waals surface area contributed by atoms with Gasteiger partial charge >= 0.3 is 17.6 Å². The number of nitro groups is 1. The van der Waals surface area contributed by atoms with Crippen LogP contribution in [0.5, 0.6) is 5.75 Å². The highest BCUT2D eigenvalue weighted by atomic mass is 16.6. The number of rotatable bonds is 4. The van der Waals surface area contributed by atoms with Crippen LogP contribution >= 0.6 is 0 Å². The van der Waals surface area contributed by atoms with Gasteiger partial charge in [0.15, 0.2) is 0 Å². The van der Waals surface area contributed by atoms with E-state index in [0.29, 0.717) is 5.56 Å². The molecule has 1 N–H and O–H groups in total. The van der Waals surface area contributed by atoms with Gasteiger partial charge in [-0.1, -0.05) is 13.8 Å². The van der Waals surface area contributed by atoms with Crippen LogP contribution in [0.15, 0.2) is 12.1 Å². The van der Waals surface area contributed by atoms with Crippen LogP contribution in [0.25, 0.3) is 0 Å². The molecule has 0 radical (unpaired) electrons. The summed E-state index contributed by atoms with van der Waals surface area (Å²) in [6.07, 6.45) is 0. The molecule has 1 aromatic rings. The normalized spacial score (nSPS) is 10.3. The predicted octanol–water partition coefficient (Wildman–Crippen LogP) is 2.34. The Labute approximate surface area is 109 Å². The van der Waals surface area contributed by atoms with Crippen molar-refractivity contribution < 1.29 is 24.4 Å². The van der Waals surface area contributed by atoms with Crippen LogP contribution in [0.1, 0.15) is 42.6 Å². The summed E-state index contributed by atoms with van der Waals surface area (Å²) in [5.41, 5.74) is -0.438. The summed E-state index contributed by atoms with van der Waals surface area (Å²) in [4.78, 5) is 32.3. The molecule has 0 aliphatic carbocycles. The van der Waals surface area contributed by atoms with Crippen LogP contribution in [0.3, 0.4) is 0 Å². The first-order chi connectivity index (χ1) is 8.73. The Hall–Kier alpha value is -2.44. The van der Waals surface area contributed by atoms with E-state index in [1.807, 2.05) is 0 Å². The third-order valence-electron chi connectivity index (χ3n) is 2.43. The van der Waals surface area contributed by atoms with E-state index in [9.17, 15) is 19.7 Å². The Morgan fingerprint density at radius 3 is 2.32 bits per heavy atom. The third kappa shape index (κ3) is 3.27. The molecule has 0 aliphatic heterocycles. The minimum absolute atomic E-state index is 0.0943. The smallest absolute Gasteiger partial charge is 0.339 e. The van der Waals surface area contributed by atoms with E-state index in [-0.39, 0.29) is 5.92 Å². The topological polar surface area (TPSA) is 107 Å². The number of carboxylic acids is 1. The molecule has 7 nitrogen and oxygen atoms in total. The van der Waals surface area contributed by atoms with Crippen molar-refractivity contribution in [2.45, 2.75) is 26.7 Å². The maximum atomic E-state index is 11.1. The molecule has 19 heavy (non-hydrogen) atoms. The zero-order chi connectivity index (χ0) is 14.7. The minimum Gasteiger partial charge on any atom is -0.478 e. The second kappa shape index (κ2) is 5.47. The summed E-state index contributed by atoms with van der Waals surface area (Å²) in [6, 6.07) is 2.49. The zero-order valence-corrected chi connectivity index (χ0v) is 10.7. The number of carboxylic acid groups (broad SMARTS) is 1. The Balaban J connectivity index is 3.60. The lowest BCUT2D eigenvalue weighted by molar-refractivity contribution is -0.385. The minimum atomic E-state index is -1.39. The van der Waals surface area contributed by atoms with Crippen molar-refractivity contribution in [1.82, 2.24) is 0 Å². The third-order valence-corrected chi connectivity index (χ3v) is 2.43. The first kappa shape index (κ1) is 14.6. The number of aromatic carboxylic acids is 1. The Morgan fingerprint density at radius 2 is 1.95 bits per heavy atom. The highest BCUT2D eigenvalue weighted by Crippen LogP contribution is 2.35. The molecular formula is C12H13NO6. The molecule has 7 heteroatoms. The molecule has 0 unspecified atom stereocenters. The number of hydrogen-bond acceptors (Lipinski definition) is 5. The Bertz CT molecular complexity index is 514. The van der Waals surface area contributed by atoms with E-state index in [1.54, 1.807) is 13.8 Å². The lowest BCUT2D eigenvalue weighted by Crippen LogP contribution is -2.11. The SMILES string of the molecule is CC(=O)Oc1c(C(=O)O)cc(C(C)C)cc1[N+](=O)[O-]. The maximum absolute atomic E-state index is 11.1. The van der Waals surface area contributed by atoms with Crippen LogP contribution in [0.2, 0.25) is 0 Å². The van der Waals surface area contributed by atoms with Gasteiger partial charge in [-0.15, -0.1) is 0 Å². The molecule has 0 bridgehead atoms. The number of carbonyl (C=O) groups excluding carboxylic acids is 1. The second-order valence-electron chi connectivity index (χ2n) is 4.23. The van der Waals surface area contributed by atoms with Gasteiger partial charge in [0.1, 0.15) is 5.56 Å². The molecule has 0 aliphatic rings. The number of ether oxygens (including phenoxy) is 1. The summed E-state index contributed by atoms with van der Waals surface area (Å²) in [6.45, 7) is 4.60. The largest absolute Gasteiger partial charge is 0.478 e. The van der Waals surface area contributed by atoms with Crippen molar-refractivity contribution in [1.29, 1.82) is 0 Å². The molecule has 0 saturated carbocycles. The summed E-state index contributed by atoms with van der Waals surface area (Å²) in [5.74, 6) is -2.83. The highest BCUT2D eigenvalue weighted by molar-refractivity contribution is 5.94. The Morgan fingerprint density at radius 1 is 1.37 bits per heavy atom. The van der Waals surface area contributed by atoms with Crippen molar-refractivity contribution in [3.8, 4) is 5.75 Å². The van der Waals surface area contributed by atoms with Crippen LogP contribution in [0, 0.1) is 10.1 Å². The summed E-state index contributed by atoms with van der Waals surface area (Å²) < 4.78 is 4.67. The molecule has 1 rings (SSSR count). The fourth-order valence-electron chi connectivity index (χ4n) is 1.51. The van der Waals surface area contributed by atoms with Gasteiger partial charge in [-0.05, 0) is 17.5 Å². The number of hydrogen-bond donors (Lipinski definition) is 1. The molecule has 102 valence electrons. The van der Waals surface area contributed by atoms with Gasteiger partial charge in [0.05, 0.1) is 4.92 Å². The molecule has 0 atom stereocenters. The number of benzene rings is 1. The van der Waals surface area contributed by atoms with Crippen LogP contribution in [-0.4, -0.2) is 22.0 Å². The average molecular weight is 267 g/mol. The number of nitrogens with zero attached hydrogens (tertiary/aromatic N) is 1. The first-order valence-electron chi connectivity index (χ1n) is 5.48. The van der Waals surface area contributed by atoms with Crippen LogP contribution in [-0.2, 0) is 4.79 Å². The average Bonchev–Trinajstić information content (AvgIpc) is 2.27. The highest BCUT2D eigenvalue weighted by Gasteiger charge is 2.26. The molecule has 0 saturated heterocycles. The van der Waals surface area contributed by atoms with E-state index in [4.69, 9.17) is 5.11 Å². The van der Waals surface area contributed by atoms with Gasteiger partial charge in [0.25, 0.3) is 0 Å². The molecule has 1 aromatic carbocycles. The van der Waals surface area contributed by atoms with Crippen LogP contribution in [0.4, 0.5) is 5.69 Å². The van der Waals surface area contributed by atoms with Gasteiger partial charge < -0.3 is 9.84 Å². The standard InChI is InChI=1S/C12H13NO6/c1-6(2)8-4-9(12(15)16)11(19-7(3)14)10(5-8)13(17)18/h4-6H,1-3H3,(H,15,16). The van der Waals surface area contributed by atoms with E-state index in [2.05, 4.69) is 4.74 Å². The van der Waals surface area contributed by atoms with Crippen molar-refractivity contribution in [3.05, 3.63) is 33.4 Å². The van der Waals surface area contributed by atoms with Gasteiger partial charge in [-0.2, -0.15) is 0 Å². The quantitative estimate of drug-likeness (QED) is 0.388. The van der Waals surface area contributed by atoms with Crippen molar-refractivity contribution in [2.75, 3.05) is 0 Å². The summed E-state index contributed by atoms with van der Waals surface area (Å²) in [7, 11) is 0. The van der Waals surface area contributed by atoms with Crippen molar-refractivity contribution in [2.24, 2.45) is 0 Å². The molecular weight excluding hydrogens is 254 g/mol. The van der Waals surface area contributed by atoms with E-state index < -0.39 is 33.9 Å². The fourth-order valence-corrected chi connectivity index (χ4v) is 1.51. The summed E-state index contributed by atoms with van der Waals surface area (Å²) in [5, 5.41) is 20.1. The lowest BCUT2D eigenvalue weighted by atomic mass is 9.99. The number of esters is 1. The molecule has 0 heterocycles. The maximum Gasteiger partial charge on any atom is 0.339 e. The predicted molar refractivity (Wildman–Crippen MR) is 65.5 cm³/mol. The molecule has 0 aromatic heterocycles. The van der Waals surface area contributed by atoms with E-state index >= 15 is 0 Å². The first-order valence-corrected chi connectivity index (χ1v) is 5.48. The second-order valence-corrected chi connectivity index (χ2v) is 4.23. The zero-order valence-electron chi connectivity index (χ0n) is 10.7. The van der Waals surface area contributed by atoms with E-state index in [1.165, 1.54) is 12.1 Å². The van der Waals surface area contributed by atoms with Gasteiger partial charge in [-0.3, -0.25) is 14.9 Å². The van der Waals surface area contributed by atoms with Crippen LogP contribution < -0.4 is 4.74 Å². The van der Waals surface area contributed by atoms with Gasteiger partial charge in [-0.25, -0.2) is 4.79 Å². The molecule has 0 fully saturated rings. The van der Waals surface area contributed by atoms with Crippen molar-refractivity contribution >= 4 is 17.6 Å². The molecule has 0 amide bonds. The monoisotopic (exact) mass is 267 g/mol. The van der Waals surface area contributed by atoms with Gasteiger partial charge in [0.2, 0.25) is 5.75 Å². The van der Waals surface area contributed by atoms with Gasteiger partial charge in [0, 0.05) is 13.0 Å².